The molecule has 0 bridgehead atoms. The summed E-state index contributed by atoms with van der Waals surface area (Å²) in [6, 6.07) is 4.56. The lowest BCUT2D eigenvalue weighted by Gasteiger charge is -2.11. The normalized spacial score (nSPS) is 11.8. The van der Waals surface area contributed by atoms with Gasteiger partial charge in [0.2, 0.25) is 5.91 Å². The number of halogens is 2. The summed E-state index contributed by atoms with van der Waals surface area (Å²) in [5.41, 5.74) is 0.724. The molecule has 0 aliphatic rings. The topological polar surface area (TPSA) is 55.4 Å². The fraction of sp³-hybridized carbons (Fsp3) is 0.333. The number of hydrogen-bond donors (Lipinski definition) is 1. The second-order valence-corrected chi connectivity index (χ2v) is 5.06. The zero-order chi connectivity index (χ0) is 13.7. The van der Waals surface area contributed by atoms with E-state index in [1.54, 1.807) is 6.07 Å². The number of alkyl halides is 1. The summed E-state index contributed by atoms with van der Waals surface area (Å²) in [6.45, 7) is 1.88. The van der Waals surface area contributed by atoms with Crippen LogP contribution in [-0.4, -0.2) is 23.8 Å². The summed E-state index contributed by atoms with van der Waals surface area (Å²) in [5.74, 6) is -0.686. The van der Waals surface area contributed by atoms with Crippen LogP contribution < -0.4 is 5.32 Å². The average Bonchev–Trinajstić information content (AvgIpc) is 2.39. The molecule has 98 valence electrons. The van der Waals surface area contributed by atoms with Gasteiger partial charge in [-0.25, -0.2) is 4.79 Å². The van der Waals surface area contributed by atoms with Crippen LogP contribution in [0.4, 0.5) is 5.69 Å². The number of rotatable bonds is 4. The van der Waals surface area contributed by atoms with Crippen LogP contribution in [0, 0.1) is 0 Å². The minimum Gasteiger partial charge on any atom is -0.465 e. The molecule has 4 nitrogen and oxygen atoms in total. The molecule has 1 aromatic carbocycles. The third-order valence-corrected chi connectivity index (χ3v) is 3.68. The van der Waals surface area contributed by atoms with Gasteiger partial charge in [0.1, 0.15) is 0 Å². The van der Waals surface area contributed by atoms with Crippen LogP contribution in [0.25, 0.3) is 0 Å². The fourth-order valence-electron chi connectivity index (χ4n) is 1.26. The van der Waals surface area contributed by atoms with E-state index in [4.69, 9.17) is 11.6 Å². The third-order valence-electron chi connectivity index (χ3n) is 2.29. The zero-order valence-electron chi connectivity index (χ0n) is 10.00. The summed E-state index contributed by atoms with van der Waals surface area (Å²) in [7, 11) is 1.29. The molecule has 0 spiro atoms. The molecule has 1 aromatic rings. The molecular formula is C12H13BrClNO3. The molecular weight excluding hydrogens is 321 g/mol. The first-order chi connectivity index (χ1) is 8.49. The summed E-state index contributed by atoms with van der Waals surface area (Å²) >= 11 is 9.19. The Balaban J connectivity index is 2.94. The van der Waals surface area contributed by atoms with Gasteiger partial charge in [-0.05, 0) is 24.6 Å². The lowest BCUT2D eigenvalue weighted by molar-refractivity contribution is -0.115. The van der Waals surface area contributed by atoms with Crippen LogP contribution in [0.1, 0.15) is 23.7 Å². The second kappa shape index (κ2) is 6.75. The lowest BCUT2D eigenvalue weighted by atomic mass is 10.2. The molecule has 0 saturated heterocycles. The molecule has 6 heteroatoms. The van der Waals surface area contributed by atoms with Gasteiger partial charge in [0.05, 0.1) is 28.2 Å². The molecule has 0 aromatic heterocycles. The Labute approximate surface area is 119 Å². The standard InChI is InChI=1S/C12H13BrClNO3/c1-3-8(13)11(16)15-10-6-7(12(17)18-2)4-5-9(10)14/h4-6,8H,3H2,1-2H3,(H,15,16). The maximum Gasteiger partial charge on any atom is 0.337 e. The number of hydrogen-bond acceptors (Lipinski definition) is 3. The Hall–Kier alpha value is -1.07. The molecule has 1 unspecified atom stereocenters. The van der Waals surface area contributed by atoms with Crippen molar-refractivity contribution in [3.8, 4) is 0 Å². The van der Waals surface area contributed by atoms with Crippen molar-refractivity contribution in [1.29, 1.82) is 0 Å². The third kappa shape index (κ3) is 3.71. The van der Waals surface area contributed by atoms with Gasteiger partial charge in [-0.1, -0.05) is 34.5 Å². The molecule has 0 heterocycles. The van der Waals surface area contributed by atoms with Crippen molar-refractivity contribution in [2.75, 3.05) is 12.4 Å². The number of amides is 1. The van der Waals surface area contributed by atoms with Crippen molar-refractivity contribution in [2.45, 2.75) is 18.2 Å². The Morgan fingerprint density at radius 3 is 2.72 bits per heavy atom. The maximum absolute atomic E-state index is 11.7. The van der Waals surface area contributed by atoms with Crippen LogP contribution in [0.15, 0.2) is 18.2 Å². The molecule has 0 radical (unpaired) electrons. The number of anilines is 1. The number of methoxy groups -OCH3 is 1. The molecule has 18 heavy (non-hydrogen) atoms. The van der Waals surface area contributed by atoms with E-state index in [-0.39, 0.29) is 10.7 Å². The molecule has 0 aliphatic heterocycles. The van der Waals surface area contributed by atoms with Gasteiger partial charge in [0.25, 0.3) is 0 Å². The van der Waals surface area contributed by atoms with Gasteiger partial charge in [0.15, 0.2) is 0 Å². The van der Waals surface area contributed by atoms with Gasteiger partial charge < -0.3 is 10.1 Å². The smallest absolute Gasteiger partial charge is 0.337 e. The number of carbonyl (C=O) groups is 2. The van der Waals surface area contributed by atoms with Crippen molar-refractivity contribution in [3.05, 3.63) is 28.8 Å². The van der Waals surface area contributed by atoms with Gasteiger partial charge in [0, 0.05) is 0 Å². The van der Waals surface area contributed by atoms with Crippen molar-refractivity contribution < 1.29 is 14.3 Å². The van der Waals surface area contributed by atoms with E-state index in [1.165, 1.54) is 19.2 Å². The number of esters is 1. The van der Waals surface area contributed by atoms with Crippen LogP contribution in [0.2, 0.25) is 5.02 Å². The van der Waals surface area contributed by atoms with Crippen molar-refractivity contribution >= 4 is 45.1 Å². The molecule has 0 saturated carbocycles. The monoisotopic (exact) mass is 333 g/mol. The molecule has 0 aliphatic carbocycles. The van der Waals surface area contributed by atoms with Crippen molar-refractivity contribution in [3.63, 3.8) is 0 Å². The minimum absolute atomic E-state index is 0.207. The summed E-state index contributed by atoms with van der Waals surface area (Å²) in [6.07, 6.45) is 0.653. The number of ether oxygens (including phenoxy) is 1. The average molecular weight is 335 g/mol. The number of nitrogens with one attached hydrogen (secondary N) is 1. The van der Waals surface area contributed by atoms with Crippen LogP contribution >= 0.6 is 27.5 Å². The first-order valence-electron chi connectivity index (χ1n) is 5.32. The van der Waals surface area contributed by atoms with E-state index in [1.807, 2.05) is 6.92 Å². The Morgan fingerprint density at radius 1 is 1.50 bits per heavy atom. The fourth-order valence-corrected chi connectivity index (χ4v) is 1.54. The predicted molar refractivity (Wildman–Crippen MR) is 74.4 cm³/mol. The zero-order valence-corrected chi connectivity index (χ0v) is 12.3. The Morgan fingerprint density at radius 2 is 2.17 bits per heavy atom. The molecule has 0 fully saturated rings. The number of carbonyl (C=O) groups excluding carboxylic acids is 2. The minimum atomic E-state index is -0.479. The van der Waals surface area contributed by atoms with Crippen molar-refractivity contribution in [2.24, 2.45) is 0 Å². The van der Waals surface area contributed by atoms with E-state index in [0.717, 1.165) is 0 Å². The first kappa shape index (κ1) is 15.0. The van der Waals surface area contributed by atoms with E-state index < -0.39 is 5.97 Å². The highest BCUT2D eigenvalue weighted by molar-refractivity contribution is 9.10. The SMILES string of the molecule is CCC(Br)C(=O)Nc1cc(C(=O)OC)ccc1Cl. The quantitative estimate of drug-likeness (QED) is 0.679. The van der Waals surface area contributed by atoms with Crippen LogP contribution in [0.3, 0.4) is 0 Å². The summed E-state index contributed by atoms with van der Waals surface area (Å²) in [4.78, 5) is 22.8. The van der Waals surface area contributed by atoms with E-state index >= 15 is 0 Å². The highest BCUT2D eigenvalue weighted by Crippen LogP contribution is 2.24. The molecule has 1 N–H and O–H groups in total. The van der Waals surface area contributed by atoms with Crippen molar-refractivity contribution in [1.82, 2.24) is 0 Å². The summed E-state index contributed by atoms with van der Waals surface area (Å²) in [5, 5.41) is 3.02. The lowest BCUT2D eigenvalue weighted by Crippen LogP contribution is -2.22. The molecule has 1 atom stereocenters. The van der Waals surface area contributed by atoms with Crippen LogP contribution in [-0.2, 0) is 9.53 Å². The summed E-state index contributed by atoms with van der Waals surface area (Å²) < 4.78 is 4.60. The second-order valence-electron chi connectivity index (χ2n) is 3.55. The predicted octanol–water partition coefficient (Wildman–Crippen LogP) is 3.24. The maximum atomic E-state index is 11.7. The van der Waals surface area contributed by atoms with E-state index in [2.05, 4.69) is 26.0 Å². The van der Waals surface area contributed by atoms with Gasteiger partial charge in [-0.15, -0.1) is 0 Å². The number of benzene rings is 1. The highest BCUT2D eigenvalue weighted by atomic mass is 79.9. The van der Waals surface area contributed by atoms with Gasteiger partial charge in [-0.2, -0.15) is 0 Å². The van der Waals surface area contributed by atoms with E-state index in [0.29, 0.717) is 22.7 Å². The van der Waals surface area contributed by atoms with Crippen LogP contribution in [0.5, 0.6) is 0 Å². The van der Waals surface area contributed by atoms with Gasteiger partial charge >= 0.3 is 5.97 Å². The Kier molecular flexibility index (Phi) is 5.62. The molecule has 1 rings (SSSR count). The van der Waals surface area contributed by atoms with Gasteiger partial charge in [-0.3, -0.25) is 4.79 Å². The molecule has 1 amide bonds. The first-order valence-corrected chi connectivity index (χ1v) is 6.61. The Bertz CT molecular complexity index is 465. The largest absolute Gasteiger partial charge is 0.465 e. The highest BCUT2D eigenvalue weighted by Gasteiger charge is 2.15. The van der Waals surface area contributed by atoms with E-state index in [9.17, 15) is 9.59 Å².